The topological polar surface area (TPSA) is 91.8 Å². The van der Waals surface area contributed by atoms with Gasteiger partial charge in [-0.25, -0.2) is 19.1 Å². The molecule has 0 spiro atoms. The summed E-state index contributed by atoms with van der Waals surface area (Å²) in [5, 5.41) is 1.25. The fraction of sp³-hybridized carbons (Fsp3) is 0.217. The van der Waals surface area contributed by atoms with E-state index in [1.165, 1.54) is 30.6 Å². The summed E-state index contributed by atoms with van der Waals surface area (Å²) in [4.78, 5) is 8.73. The van der Waals surface area contributed by atoms with Gasteiger partial charge >= 0.3 is 0 Å². The predicted molar refractivity (Wildman–Crippen MR) is 136 cm³/mol. The summed E-state index contributed by atoms with van der Waals surface area (Å²) in [6.07, 6.45) is 7.86. The van der Waals surface area contributed by atoms with Crippen molar-refractivity contribution in [3.05, 3.63) is 63.7 Å². The van der Waals surface area contributed by atoms with E-state index in [2.05, 4.69) is 19.3 Å². The van der Waals surface area contributed by atoms with Crippen molar-refractivity contribution in [3.8, 4) is 11.1 Å². The molecular formula is C23H19Cl3FN5OS. The molecule has 6 nitrogen and oxygen atoms in total. The Balaban J connectivity index is 1.50. The van der Waals surface area contributed by atoms with Gasteiger partial charge in [-0.3, -0.25) is 0 Å². The van der Waals surface area contributed by atoms with Crippen LogP contribution in [0.5, 0.6) is 0 Å². The maximum absolute atomic E-state index is 15.1. The predicted octanol–water partition coefficient (Wildman–Crippen LogP) is 7.03. The zero-order chi connectivity index (χ0) is 24.0. The number of rotatable bonds is 5. The molecule has 0 saturated heterocycles. The van der Waals surface area contributed by atoms with Crippen LogP contribution in [0.2, 0.25) is 15.1 Å². The summed E-state index contributed by atoms with van der Waals surface area (Å²) in [7, 11) is 0. The van der Waals surface area contributed by atoms with Gasteiger partial charge in [0, 0.05) is 22.8 Å². The monoisotopic (exact) mass is 537 g/mol. The Morgan fingerprint density at radius 2 is 1.79 bits per heavy atom. The molecule has 0 bridgehead atoms. The van der Waals surface area contributed by atoms with Crippen molar-refractivity contribution in [1.82, 2.24) is 14.5 Å². The van der Waals surface area contributed by atoms with Crippen LogP contribution in [0.4, 0.5) is 15.9 Å². The molecule has 34 heavy (non-hydrogen) atoms. The van der Waals surface area contributed by atoms with Crippen molar-refractivity contribution in [2.75, 3.05) is 10.5 Å². The summed E-state index contributed by atoms with van der Waals surface area (Å²) in [6, 6.07) is 7.79. The average Bonchev–Trinajstić information content (AvgIpc) is 3.43. The molecule has 1 saturated carbocycles. The van der Waals surface area contributed by atoms with Crippen molar-refractivity contribution in [2.45, 2.75) is 36.6 Å². The highest BCUT2D eigenvalue weighted by atomic mass is 35.5. The lowest BCUT2D eigenvalue weighted by Gasteiger charge is -2.15. The van der Waals surface area contributed by atoms with Crippen molar-refractivity contribution in [2.24, 2.45) is 0 Å². The first-order chi connectivity index (χ1) is 16.3. The van der Waals surface area contributed by atoms with Gasteiger partial charge in [0.15, 0.2) is 5.82 Å². The number of halogens is 4. The molecule has 0 amide bonds. The Hall–Kier alpha value is -2.23. The molecule has 176 valence electrons. The highest BCUT2D eigenvalue weighted by Crippen LogP contribution is 2.40. The van der Waals surface area contributed by atoms with Crippen LogP contribution in [0.3, 0.4) is 0 Å². The molecule has 1 atom stereocenters. The average molecular weight is 539 g/mol. The highest BCUT2D eigenvalue weighted by Gasteiger charge is 2.25. The Labute approximate surface area is 213 Å². The zero-order valence-corrected chi connectivity index (χ0v) is 20.8. The molecule has 11 heteroatoms. The molecule has 1 aliphatic rings. The Kier molecular flexibility index (Phi) is 6.52. The number of aromatic nitrogens is 3. The summed E-state index contributed by atoms with van der Waals surface area (Å²) in [6.45, 7) is 0. The highest BCUT2D eigenvalue weighted by molar-refractivity contribution is 7.93. The molecule has 2 heterocycles. The van der Waals surface area contributed by atoms with E-state index < -0.39 is 17.2 Å². The summed E-state index contributed by atoms with van der Waals surface area (Å²) >= 11 is 16.3. The number of nitrogens with zero attached hydrogens (tertiary/aromatic N) is 3. The van der Waals surface area contributed by atoms with E-state index in [1.54, 1.807) is 6.07 Å². The molecule has 1 fully saturated rings. The van der Waals surface area contributed by atoms with E-state index in [4.69, 9.17) is 40.5 Å². The van der Waals surface area contributed by atoms with E-state index in [0.717, 1.165) is 36.9 Å². The van der Waals surface area contributed by atoms with E-state index in [-0.39, 0.29) is 20.6 Å². The molecule has 1 aliphatic carbocycles. The van der Waals surface area contributed by atoms with E-state index in [1.807, 2.05) is 6.20 Å². The number of benzene rings is 2. The molecule has 1 unspecified atom stereocenters. The van der Waals surface area contributed by atoms with Crippen LogP contribution in [0.15, 0.2) is 47.8 Å². The fourth-order valence-corrected chi connectivity index (χ4v) is 6.59. The van der Waals surface area contributed by atoms with Gasteiger partial charge in [-0.05, 0) is 42.7 Å². The standard InChI is InChI=1S/C23H19Cl3FN5OS/c24-13-8-16(25)21(17(26)9-13)34(33)31-19-6-5-12(7-18(19)27)15-10-32(14-3-1-2-4-14)23-20(15)22(28)29-11-30-23/h5-11,14,31H,1-4H2,(H2,28,29,30). The van der Waals surface area contributed by atoms with Gasteiger partial charge in [-0.15, -0.1) is 0 Å². The van der Waals surface area contributed by atoms with Gasteiger partial charge in [0.1, 0.15) is 44.9 Å². The van der Waals surface area contributed by atoms with Crippen molar-refractivity contribution >= 4 is 68.7 Å². The SMILES string of the molecule is Nc1ncnc2c1c(-c1ccc(N[S+]([O-])c3c(Cl)cc(Cl)cc3Cl)c(F)c1)cn2C1CCCC1. The molecule has 2 aromatic heterocycles. The largest absolute Gasteiger partial charge is 0.588 e. The van der Waals surface area contributed by atoms with Gasteiger partial charge in [-0.1, -0.05) is 53.7 Å². The fourth-order valence-electron chi connectivity index (χ4n) is 4.41. The van der Waals surface area contributed by atoms with Crippen LogP contribution in [0.1, 0.15) is 31.7 Å². The first-order valence-corrected chi connectivity index (χ1v) is 12.9. The summed E-state index contributed by atoms with van der Waals surface area (Å²) < 4.78 is 32.7. The van der Waals surface area contributed by atoms with Crippen molar-refractivity contribution in [1.29, 1.82) is 0 Å². The van der Waals surface area contributed by atoms with Gasteiger partial charge < -0.3 is 14.9 Å². The van der Waals surface area contributed by atoms with Gasteiger partial charge in [-0.2, -0.15) is 0 Å². The van der Waals surface area contributed by atoms with Crippen molar-refractivity contribution < 1.29 is 8.94 Å². The first-order valence-electron chi connectivity index (χ1n) is 10.6. The van der Waals surface area contributed by atoms with Crippen LogP contribution in [-0.4, -0.2) is 19.1 Å². The van der Waals surface area contributed by atoms with Gasteiger partial charge in [0.25, 0.3) is 0 Å². The summed E-state index contributed by atoms with van der Waals surface area (Å²) in [5.41, 5.74) is 8.33. The lowest BCUT2D eigenvalue weighted by Crippen LogP contribution is -2.15. The second-order valence-electron chi connectivity index (χ2n) is 8.11. The molecule has 4 aromatic rings. The molecule has 3 N–H and O–H groups in total. The van der Waals surface area contributed by atoms with Crippen molar-refractivity contribution in [3.63, 3.8) is 0 Å². The lowest BCUT2D eigenvalue weighted by molar-refractivity contribution is 0.532. The number of anilines is 2. The zero-order valence-electron chi connectivity index (χ0n) is 17.7. The third kappa shape index (κ3) is 4.29. The maximum Gasteiger partial charge on any atom is 0.217 e. The second kappa shape index (κ2) is 9.43. The van der Waals surface area contributed by atoms with E-state index in [0.29, 0.717) is 27.8 Å². The number of nitrogens with two attached hydrogens (primary N) is 1. The molecular weight excluding hydrogens is 520 g/mol. The smallest absolute Gasteiger partial charge is 0.217 e. The van der Waals surface area contributed by atoms with Crippen LogP contribution in [0, 0.1) is 5.82 Å². The van der Waals surface area contributed by atoms with Crippen LogP contribution in [0.25, 0.3) is 22.2 Å². The minimum atomic E-state index is -1.91. The second-order valence-corrected chi connectivity index (χ2v) is 10.5. The van der Waals surface area contributed by atoms with Crippen LogP contribution >= 0.6 is 34.8 Å². The number of nitrogen functional groups attached to an aromatic ring is 1. The van der Waals surface area contributed by atoms with E-state index in [9.17, 15) is 4.55 Å². The third-order valence-electron chi connectivity index (χ3n) is 5.99. The first kappa shape index (κ1) is 23.5. The Bertz CT molecular complexity index is 1370. The van der Waals surface area contributed by atoms with Gasteiger partial charge in [0.2, 0.25) is 4.90 Å². The number of fused-ring (bicyclic) bond motifs is 1. The number of hydrogen-bond donors (Lipinski definition) is 2. The third-order valence-corrected chi connectivity index (χ3v) is 8.24. The maximum atomic E-state index is 15.1. The van der Waals surface area contributed by atoms with E-state index >= 15 is 4.39 Å². The van der Waals surface area contributed by atoms with Gasteiger partial charge in [0.05, 0.1) is 5.39 Å². The molecule has 0 radical (unpaired) electrons. The Morgan fingerprint density at radius 1 is 1.09 bits per heavy atom. The quantitative estimate of drug-likeness (QED) is 0.266. The van der Waals surface area contributed by atoms with Crippen LogP contribution in [-0.2, 0) is 11.4 Å². The molecule has 0 aliphatic heterocycles. The minimum absolute atomic E-state index is 0.0351. The molecule has 2 aromatic carbocycles. The normalized spacial score (nSPS) is 15.2. The minimum Gasteiger partial charge on any atom is -0.588 e. The lowest BCUT2D eigenvalue weighted by atomic mass is 10.1. The summed E-state index contributed by atoms with van der Waals surface area (Å²) in [5.74, 6) is -0.253. The number of nitrogens with one attached hydrogen (secondary N) is 1. The Morgan fingerprint density at radius 3 is 2.47 bits per heavy atom. The molecule has 5 rings (SSSR count). The van der Waals surface area contributed by atoms with Crippen LogP contribution < -0.4 is 10.5 Å². The number of hydrogen-bond acceptors (Lipinski definition) is 5.